The fraction of sp³-hybridized carbons (Fsp3) is 0.0667. The number of aromatic hydroxyl groups is 1. The molecule has 0 amide bonds. The van der Waals surface area contributed by atoms with Gasteiger partial charge >= 0.3 is 0 Å². The second-order valence-electron chi connectivity index (χ2n) is 4.08. The summed E-state index contributed by atoms with van der Waals surface area (Å²) in [6, 6.07) is 12.7. The average Bonchev–Trinajstić information content (AvgIpc) is 2.40. The Bertz CT molecular complexity index is 545. The Hall–Kier alpha value is -1.94. The lowest BCUT2D eigenvalue weighted by Crippen LogP contribution is -2.08. The number of halogens is 1. The van der Waals surface area contributed by atoms with Crippen molar-refractivity contribution in [3.63, 3.8) is 0 Å². The van der Waals surface area contributed by atoms with Crippen molar-refractivity contribution in [1.82, 2.24) is 0 Å². The Balaban J connectivity index is 2.08. The molecule has 1 N–H and O–H groups in total. The Kier molecular flexibility index (Phi) is 4.12. The SMILES string of the molecule is O=C(CC(=O)c1ccc(Br)cc1)c1ccc(O)cc1. The molecule has 0 spiro atoms. The first-order chi connectivity index (χ1) is 9.06. The molecule has 0 bridgehead atoms. The van der Waals surface area contributed by atoms with Crippen molar-refractivity contribution in [2.24, 2.45) is 0 Å². The lowest BCUT2D eigenvalue weighted by molar-refractivity contribution is 0.0894. The van der Waals surface area contributed by atoms with Crippen molar-refractivity contribution < 1.29 is 14.7 Å². The zero-order valence-corrected chi connectivity index (χ0v) is 11.6. The van der Waals surface area contributed by atoms with E-state index in [1.165, 1.54) is 24.3 Å². The summed E-state index contributed by atoms with van der Waals surface area (Å²) in [6.45, 7) is 0. The van der Waals surface area contributed by atoms with Crippen molar-refractivity contribution in [3.05, 3.63) is 64.1 Å². The number of hydrogen-bond donors (Lipinski definition) is 1. The molecule has 0 radical (unpaired) electrons. The number of phenolic OH excluding ortho intramolecular Hbond substituents is 1. The summed E-state index contributed by atoms with van der Waals surface area (Å²) in [4.78, 5) is 23.8. The number of rotatable bonds is 4. The van der Waals surface area contributed by atoms with Crippen molar-refractivity contribution >= 4 is 27.5 Å². The smallest absolute Gasteiger partial charge is 0.170 e. The van der Waals surface area contributed by atoms with Gasteiger partial charge in [0, 0.05) is 15.6 Å². The number of Topliss-reactive ketones (excluding diaryl/α,β-unsaturated/α-hetero) is 2. The number of hydrogen-bond acceptors (Lipinski definition) is 3. The van der Waals surface area contributed by atoms with Gasteiger partial charge in [0.25, 0.3) is 0 Å². The Morgan fingerprint density at radius 2 is 1.26 bits per heavy atom. The number of carbonyl (C=O) groups is 2. The summed E-state index contributed by atoms with van der Waals surface area (Å²) in [7, 11) is 0. The van der Waals surface area contributed by atoms with Crippen molar-refractivity contribution in [1.29, 1.82) is 0 Å². The summed E-state index contributed by atoms with van der Waals surface area (Å²) in [6.07, 6.45) is -0.174. The van der Waals surface area contributed by atoms with Gasteiger partial charge in [-0.05, 0) is 36.4 Å². The van der Waals surface area contributed by atoms with Crippen LogP contribution in [-0.2, 0) is 0 Å². The number of phenols is 1. The molecule has 3 nitrogen and oxygen atoms in total. The van der Waals surface area contributed by atoms with E-state index < -0.39 is 0 Å². The first kappa shape index (κ1) is 13.5. The van der Waals surface area contributed by atoms with Gasteiger partial charge in [-0.25, -0.2) is 0 Å². The molecule has 2 aromatic carbocycles. The van der Waals surface area contributed by atoms with E-state index in [1.807, 2.05) is 0 Å². The van der Waals surface area contributed by atoms with Crippen LogP contribution in [0.4, 0.5) is 0 Å². The van der Waals surface area contributed by atoms with E-state index in [2.05, 4.69) is 15.9 Å². The minimum Gasteiger partial charge on any atom is -0.508 e. The largest absolute Gasteiger partial charge is 0.508 e. The van der Waals surface area contributed by atoms with Gasteiger partial charge in [0.15, 0.2) is 11.6 Å². The van der Waals surface area contributed by atoms with Crippen LogP contribution in [0.2, 0.25) is 0 Å². The highest BCUT2D eigenvalue weighted by Crippen LogP contribution is 2.15. The third kappa shape index (κ3) is 3.51. The highest BCUT2D eigenvalue weighted by atomic mass is 79.9. The molecule has 0 fully saturated rings. The van der Waals surface area contributed by atoms with Crippen LogP contribution in [0.25, 0.3) is 0 Å². The van der Waals surface area contributed by atoms with Crippen LogP contribution in [0.1, 0.15) is 27.1 Å². The fourth-order valence-electron chi connectivity index (χ4n) is 1.63. The maximum Gasteiger partial charge on any atom is 0.170 e. The molecule has 4 heteroatoms. The maximum atomic E-state index is 11.9. The zero-order chi connectivity index (χ0) is 13.8. The molecule has 0 saturated carbocycles. The van der Waals surface area contributed by atoms with E-state index in [0.717, 1.165) is 4.47 Å². The molecule has 2 rings (SSSR count). The van der Waals surface area contributed by atoms with E-state index in [4.69, 9.17) is 5.11 Å². The number of benzene rings is 2. The van der Waals surface area contributed by atoms with Crippen LogP contribution >= 0.6 is 15.9 Å². The third-order valence-corrected chi connectivity index (χ3v) is 3.21. The van der Waals surface area contributed by atoms with Gasteiger partial charge in [-0.2, -0.15) is 0 Å². The molecule has 0 atom stereocenters. The van der Waals surface area contributed by atoms with Gasteiger partial charge in [0.05, 0.1) is 6.42 Å². The molecule has 96 valence electrons. The molecule has 0 aliphatic heterocycles. The molecule has 19 heavy (non-hydrogen) atoms. The minimum absolute atomic E-state index is 0.0933. The molecular formula is C15H11BrO3. The summed E-state index contributed by atoms with van der Waals surface area (Å²) in [5, 5.41) is 9.14. The lowest BCUT2D eigenvalue weighted by Gasteiger charge is -2.02. The van der Waals surface area contributed by atoms with E-state index in [9.17, 15) is 9.59 Å². The van der Waals surface area contributed by atoms with E-state index in [-0.39, 0.29) is 23.7 Å². The summed E-state index contributed by atoms with van der Waals surface area (Å²) in [5.74, 6) is -0.380. The molecule has 0 unspecified atom stereocenters. The van der Waals surface area contributed by atoms with Gasteiger partial charge in [-0.3, -0.25) is 9.59 Å². The highest BCUT2D eigenvalue weighted by Gasteiger charge is 2.13. The predicted molar refractivity (Wildman–Crippen MR) is 75.5 cm³/mol. The Morgan fingerprint density at radius 3 is 1.74 bits per heavy atom. The molecule has 0 heterocycles. The van der Waals surface area contributed by atoms with E-state index in [1.54, 1.807) is 24.3 Å². The number of carbonyl (C=O) groups excluding carboxylic acids is 2. The van der Waals surface area contributed by atoms with E-state index >= 15 is 0 Å². The monoisotopic (exact) mass is 318 g/mol. The van der Waals surface area contributed by atoms with Gasteiger partial charge in [0.1, 0.15) is 5.75 Å². The van der Waals surface area contributed by atoms with Gasteiger partial charge < -0.3 is 5.11 Å². The van der Waals surface area contributed by atoms with Crippen LogP contribution in [0.15, 0.2) is 53.0 Å². The van der Waals surface area contributed by atoms with Crippen LogP contribution in [0, 0.1) is 0 Å². The van der Waals surface area contributed by atoms with Crippen molar-refractivity contribution in [2.45, 2.75) is 6.42 Å². The third-order valence-electron chi connectivity index (χ3n) is 2.68. The summed E-state index contributed by atoms with van der Waals surface area (Å²) >= 11 is 3.29. The van der Waals surface area contributed by atoms with Crippen LogP contribution in [0.3, 0.4) is 0 Å². The molecule has 0 saturated heterocycles. The van der Waals surface area contributed by atoms with Crippen LogP contribution in [-0.4, -0.2) is 16.7 Å². The lowest BCUT2D eigenvalue weighted by atomic mass is 10.0. The quantitative estimate of drug-likeness (QED) is 0.692. The zero-order valence-electron chi connectivity index (χ0n) is 9.97. The van der Waals surface area contributed by atoms with Crippen LogP contribution in [0.5, 0.6) is 5.75 Å². The summed E-state index contributed by atoms with van der Waals surface area (Å²) < 4.78 is 0.883. The van der Waals surface area contributed by atoms with Gasteiger partial charge in [0.2, 0.25) is 0 Å². The average molecular weight is 319 g/mol. The molecule has 0 aliphatic rings. The summed E-state index contributed by atoms with van der Waals surface area (Å²) in [5.41, 5.74) is 0.929. The predicted octanol–water partition coefficient (Wildman–Crippen LogP) is 3.61. The second kappa shape index (κ2) is 5.80. The minimum atomic E-state index is -0.257. The first-order valence-electron chi connectivity index (χ1n) is 5.67. The Labute approximate surface area is 119 Å². The standard InChI is InChI=1S/C15H11BrO3/c16-12-5-1-10(2-6-12)14(18)9-15(19)11-3-7-13(17)8-4-11/h1-8,17H,9H2. The van der Waals surface area contributed by atoms with Gasteiger partial charge in [-0.1, -0.05) is 28.1 Å². The molecule has 0 aromatic heterocycles. The van der Waals surface area contributed by atoms with Crippen molar-refractivity contribution in [2.75, 3.05) is 0 Å². The fourth-order valence-corrected chi connectivity index (χ4v) is 1.90. The van der Waals surface area contributed by atoms with Gasteiger partial charge in [-0.15, -0.1) is 0 Å². The van der Waals surface area contributed by atoms with E-state index in [0.29, 0.717) is 11.1 Å². The molecule has 2 aromatic rings. The maximum absolute atomic E-state index is 11.9. The normalized spacial score (nSPS) is 10.2. The van der Waals surface area contributed by atoms with Crippen LogP contribution < -0.4 is 0 Å². The first-order valence-corrected chi connectivity index (χ1v) is 6.46. The number of ketones is 2. The van der Waals surface area contributed by atoms with Crippen molar-refractivity contribution in [3.8, 4) is 5.75 Å². The highest BCUT2D eigenvalue weighted by molar-refractivity contribution is 9.10. The molecule has 0 aliphatic carbocycles. The molecular weight excluding hydrogens is 308 g/mol. The second-order valence-corrected chi connectivity index (χ2v) is 4.99. The topological polar surface area (TPSA) is 54.4 Å². The Morgan fingerprint density at radius 1 is 0.842 bits per heavy atom.